The largest absolute Gasteiger partial charge is 0.490 e. The number of benzene rings is 2. The summed E-state index contributed by atoms with van der Waals surface area (Å²) in [5, 5.41) is 3.53. The van der Waals surface area contributed by atoms with Crippen LogP contribution < -0.4 is 14.8 Å². The van der Waals surface area contributed by atoms with Crippen LogP contribution in [0.3, 0.4) is 0 Å². The summed E-state index contributed by atoms with van der Waals surface area (Å²) >= 11 is 6.01. The van der Waals surface area contributed by atoms with E-state index >= 15 is 0 Å². The Hall–Kier alpha value is -2.46. The van der Waals surface area contributed by atoms with Gasteiger partial charge in [0.1, 0.15) is 18.1 Å². The van der Waals surface area contributed by atoms with Crippen molar-refractivity contribution in [2.75, 3.05) is 11.9 Å². The molecule has 1 atom stereocenters. The predicted octanol–water partition coefficient (Wildman–Crippen LogP) is 5.01. The van der Waals surface area contributed by atoms with E-state index in [9.17, 15) is 4.79 Å². The summed E-state index contributed by atoms with van der Waals surface area (Å²) in [6.07, 6.45) is 1.64. The molecule has 0 aliphatic heterocycles. The maximum atomic E-state index is 12.5. The quantitative estimate of drug-likeness (QED) is 0.674. The van der Waals surface area contributed by atoms with Crippen molar-refractivity contribution in [3.05, 3.63) is 65.7 Å². The Bertz CT molecular complexity index is 728. The lowest BCUT2D eigenvalue weighted by molar-refractivity contribution is -0.122. The molecule has 0 saturated heterocycles. The van der Waals surface area contributed by atoms with E-state index in [-0.39, 0.29) is 5.91 Å². The SMILES string of the molecule is C=CCOc1ccc(NC(=O)[C@@H](CC)Oc2ccc(Cl)c(C)c2)cc1. The number of carbonyl (C=O) groups excluding carboxylic acids is 1. The van der Waals surface area contributed by atoms with Crippen molar-refractivity contribution >= 4 is 23.2 Å². The van der Waals surface area contributed by atoms with Gasteiger partial charge in [0.2, 0.25) is 0 Å². The van der Waals surface area contributed by atoms with Crippen LogP contribution in [0.5, 0.6) is 11.5 Å². The first kappa shape index (κ1) is 18.9. The average molecular weight is 360 g/mol. The molecule has 132 valence electrons. The third kappa shape index (κ3) is 5.54. The summed E-state index contributed by atoms with van der Waals surface area (Å²) in [6, 6.07) is 12.5. The smallest absolute Gasteiger partial charge is 0.265 e. The van der Waals surface area contributed by atoms with E-state index in [1.807, 2.05) is 19.9 Å². The second-order valence-electron chi connectivity index (χ2n) is 5.54. The summed E-state index contributed by atoms with van der Waals surface area (Å²) in [5.41, 5.74) is 1.59. The molecule has 0 aliphatic rings. The van der Waals surface area contributed by atoms with Crippen molar-refractivity contribution < 1.29 is 14.3 Å². The molecule has 0 fully saturated rings. The van der Waals surface area contributed by atoms with E-state index in [1.165, 1.54) is 0 Å². The standard InChI is InChI=1S/C20H22ClNO3/c1-4-12-24-16-8-6-15(7-9-16)22-20(23)19(5-2)25-17-10-11-18(21)14(3)13-17/h4,6-11,13,19H,1,5,12H2,2-3H3,(H,22,23)/t19-/m1/s1. The zero-order valence-electron chi connectivity index (χ0n) is 14.4. The van der Waals surface area contributed by atoms with Gasteiger partial charge in [-0.3, -0.25) is 4.79 Å². The normalized spacial score (nSPS) is 11.5. The number of ether oxygens (including phenoxy) is 2. The number of hydrogen-bond acceptors (Lipinski definition) is 3. The van der Waals surface area contributed by atoms with Crippen LogP contribution in [0.25, 0.3) is 0 Å². The molecule has 0 radical (unpaired) electrons. The first-order chi connectivity index (χ1) is 12.0. The number of halogens is 1. The van der Waals surface area contributed by atoms with Crippen LogP contribution in [0.2, 0.25) is 5.02 Å². The second-order valence-corrected chi connectivity index (χ2v) is 5.95. The third-order valence-corrected chi connectivity index (χ3v) is 3.98. The Kier molecular flexibility index (Phi) is 6.90. The van der Waals surface area contributed by atoms with Gasteiger partial charge in [-0.15, -0.1) is 0 Å². The zero-order valence-corrected chi connectivity index (χ0v) is 15.2. The van der Waals surface area contributed by atoms with Crippen LogP contribution in [0.4, 0.5) is 5.69 Å². The van der Waals surface area contributed by atoms with Crippen molar-refractivity contribution in [2.24, 2.45) is 0 Å². The highest BCUT2D eigenvalue weighted by molar-refractivity contribution is 6.31. The van der Waals surface area contributed by atoms with E-state index in [2.05, 4.69) is 11.9 Å². The molecular formula is C20H22ClNO3. The van der Waals surface area contributed by atoms with Gasteiger partial charge in [-0.1, -0.05) is 31.2 Å². The van der Waals surface area contributed by atoms with Crippen molar-refractivity contribution in [1.29, 1.82) is 0 Å². The lowest BCUT2D eigenvalue weighted by Gasteiger charge is -2.18. The van der Waals surface area contributed by atoms with E-state index < -0.39 is 6.10 Å². The second kappa shape index (κ2) is 9.14. The first-order valence-corrected chi connectivity index (χ1v) is 8.48. The van der Waals surface area contributed by atoms with Crippen molar-refractivity contribution in [1.82, 2.24) is 0 Å². The summed E-state index contributed by atoms with van der Waals surface area (Å²) in [4.78, 5) is 12.5. The molecule has 0 spiro atoms. The van der Waals surface area contributed by atoms with Gasteiger partial charge in [0.05, 0.1) is 0 Å². The maximum Gasteiger partial charge on any atom is 0.265 e. The summed E-state index contributed by atoms with van der Waals surface area (Å²) in [5.74, 6) is 1.14. The van der Waals surface area contributed by atoms with Gasteiger partial charge >= 0.3 is 0 Å². The highest BCUT2D eigenvalue weighted by atomic mass is 35.5. The van der Waals surface area contributed by atoms with Gasteiger partial charge in [-0.2, -0.15) is 0 Å². The number of aryl methyl sites for hydroxylation is 1. The van der Waals surface area contributed by atoms with Crippen molar-refractivity contribution in [3.8, 4) is 11.5 Å². The van der Waals surface area contributed by atoms with Gasteiger partial charge in [0.25, 0.3) is 5.91 Å². The minimum absolute atomic E-state index is 0.199. The molecule has 0 unspecified atom stereocenters. The lowest BCUT2D eigenvalue weighted by atomic mass is 10.2. The fourth-order valence-electron chi connectivity index (χ4n) is 2.19. The van der Waals surface area contributed by atoms with E-state index in [1.54, 1.807) is 42.5 Å². The van der Waals surface area contributed by atoms with Crippen LogP contribution in [-0.4, -0.2) is 18.6 Å². The number of hydrogen-bond donors (Lipinski definition) is 1. The molecule has 4 nitrogen and oxygen atoms in total. The van der Waals surface area contributed by atoms with Crippen LogP contribution in [0.1, 0.15) is 18.9 Å². The Labute approximate surface area is 153 Å². The zero-order chi connectivity index (χ0) is 18.2. The number of carbonyl (C=O) groups is 1. The first-order valence-electron chi connectivity index (χ1n) is 8.11. The molecule has 1 N–H and O–H groups in total. The minimum atomic E-state index is -0.586. The predicted molar refractivity (Wildman–Crippen MR) is 102 cm³/mol. The van der Waals surface area contributed by atoms with E-state index in [4.69, 9.17) is 21.1 Å². The Morgan fingerprint density at radius 2 is 1.92 bits per heavy atom. The van der Waals surface area contributed by atoms with E-state index in [0.717, 1.165) is 11.3 Å². The fraction of sp³-hybridized carbons (Fsp3) is 0.250. The molecule has 0 aliphatic carbocycles. The highest BCUT2D eigenvalue weighted by Gasteiger charge is 2.18. The number of amides is 1. The number of anilines is 1. The molecule has 25 heavy (non-hydrogen) atoms. The van der Waals surface area contributed by atoms with E-state index in [0.29, 0.717) is 29.5 Å². The van der Waals surface area contributed by atoms with Gasteiger partial charge < -0.3 is 14.8 Å². The van der Waals surface area contributed by atoms with Gasteiger partial charge in [-0.05, 0) is 61.4 Å². The maximum absolute atomic E-state index is 12.5. The molecule has 2 rings (SSSR count). The van der Waals surface area contributed by atoms with Gasteiger partial charge in [0.15, 0.2) is 6.10 Å². The summed E-state index contributed by atoms with van der Waals surface area (Å²) in [7, 11) is 0. The molecule has 0 heterocycles. The van der Waals surface area contributed by atoms with Crippen LogP contribution in [-0.2, 0) is 4.79 Å². The number of rotatable bonds is 8. The third-order valence-electron chi connectivity index (χ3n) is 3.56. The molecule has 1 amide bonds. The molecule has 0 saturated carbocycles. The van der Waals surface area contributed by atoms with Crippen LogP contribution in [0, 0.1) is 6.92 Å². The number of nitrogens with one attached hydrogen (secondary N) is 1. The molecule has 2 aromatic carbocycles. The molecular weight excluding hydrogens is 338 g/mol. The Balaban J connectivity index is 1.99. The minimum Gasteiger partial charge on any atom is -0.490 e. The Morgan fingerprint density at radius 1 is 1.24 bits per heavy atom. The monoisotopic (exact) mass is 359 g/mol. The molecule has 0 bridgehead atoms. The Morgan fingerprint density at radius 3 is 2.52 bits per heavy atom. The van der Waals surface area contributed by atoms with Crippen molar-refractivity contribution in [3.63, 3.8) is 0 Å². The van der Waals surface area contributed by atoms with Crippen LogP contribution in [0.15, 0.2) is 55.1 Å². The molecule has 2 aromatic rings. The van der Waals surface area contributed by atoms with Crippen LogP contribution >= 0.6 is 11.6 Å². The average Bonchev–Trinajstić information content (AvgIpc) is 2.62. The highest BCUT2D eigenvalue weighted by Crippen LogP contribution is 2.23. The summed E-state index contributed by atoms with van der Waals surface area (Å²) < 4.78 is 11.2. The van der Waals surface area contributed by atoms with Crippen molar-refractivity contribution in [2.45, 2.75) is 26.4 Å². The topological polar surface area (TPSA) is 47.6 Å². The summed E-state index contributed by atoms with van der Waals surface area (Å²) in [6.45, 7) is 7.84. The fourth-order valence-corrected chi connectivity index (χ4v) is 2.31. The lowest BCUT2D eigenvalue weighted by Crippen LogP contribution is -2.32. The van der Waals surface area contributed by atoms with Gasteiger partial charge in [0, 0.05) is 10.7 Å². The van der Waals surface area contributed by atoms with Gasteiger partial charge in [-0.25, -0.2) is 0 Å². The molecule has 0 aromatic heterocycles. The molecule has 5 heteroatoms.